The Hall–Kier alpha value is -0.940. The number of nitrogens with one attached hydrogen (secondary N) is 2. The molecule has 0 bridgehead atoms. The van der Waals surface area contributed by atoms with E-state index < -0.39 is 0 Å². The van der Waals surface area contributed by atoms with Gasteiger partial charge in [0.2, 0.25) is 5.91 Å². The van der Waals surface area contributed by atoms with Gasteiger partial charge in [0, 0.05) is 11.1 Å². The van der Waals surface area contributed by atoms with Gasteiger partial charge >= 0.3 is 0 Å². The number of hydrogen-bond donors (Lipinski definition) is 2. The molecule has 1 aliphatic heterocycles. The van der Waals surface area contributed by atoms with E-state index in [2.05, 4.69) is 22.5 Å². The van der Waals surface area contributed by atoms with Gasteiger partial charge < -0.3 is 10.6 Å². The maximum absolute atomic E-state index is 11.7. The zero-order valence-corrected chi connectivity index (χ0v) is 10.3. The Bertz CT molecular complexity index is 358. The van der Waals surface area contributed by atoms with Gasteiger partial charge in [0.05, 0.1) is 12.6 Å². The highest BCUT2D eigenvalue weighted by Crippen LogP contribution is 2.13. The Labute approximate surface area is 99.5 Å². The van der Waals surface area contributed by atoms with E-state index in [1.165, 1.54) is 4.88 Å². The van der Waals surface area contributed by atoms with E-state index in [4.69, 9.17) is 0 Å². The molecule has 0 aliphatic carbocycles. The molecule has 1 aliphatic rings. The molecule has 16 heavy (non-hydrogen) atoms. The second-order valence-electron chi connectivity index (χ2n) is 3.94. The normalized spacial score (nSPS) is 19.9. The molecule has 88 valence electrons. The molecule has 2 N–H and O–H groups in total. The van der Waals surface area contributed by atoms with Crippen LogP contribution in [0.3, 0.4) is 0 Å². The average molecular weight is 239 g/mol. The summed E-state index contributed by atoms with van der Waals surface area (Å²) in [6.45, 7) is 3.62. The van der Waals surface area contributed by atoms with Crippen molar-refractivity contribution in [3.8, 4) is 0 Å². The Morgan fingerprint density at radius 1 is 1.75 bits per heavy atom. The number of hydrogen-bond acceptors (Lipinski definition) is 4. The number of amides is 1. The molecular formula is C11H17N3OS. The van der Waals surface area contributed by atoms with Gasteiger partial charge in [-0.15, -0.1) is 11.3 Å². The lowest BCUT2D eigenvalue weighted by Crippen LogP contribution is -2.39. The van der Waals surface area contributed by atoms with Crippen LogP contribution >= 0.6 is 11.3 Å². The first-order valence-electron chi connectivity index (χ1n) is 5.74. The first-order chi connectivity index (χ1) is 7.79. The summed E-state index contributed by atoms with van der Waals surface area (Å²) in [6.07, 6.45) is 4.94. The molecule has 5 heteroatoms. The van der Waals surface area contributed by atoms with E-state index in [9.17, 15) is 4.79 Å². The Morgan fingerprint density at radius 2 is 2.62 bits per heavy atom. The zero-order chi connectivity index (χ0) is 11.4. The van der Waals surface area contributed by atoms with Crippen LogP contribution in [0, 0.1) is 0 Å². The first-order valence-corrected chi connectivity index (χ1v) is 6.56. The molecule has 0 radical (unpaired) electrons. The molecule has 1 aromatic heterocycles. The molecule has 1 amide bonds. The smallest absolute Gasteiger partial charge is 0.237 e. The highest BCUT2D eigenvalue weighted by atomic mass is 32.1. The molecule has 0 saturated carbocycles. The van der Waals surface area contributed by atoms with Gasteiger partial charge in [0.25, 0.3) is 0 Å². The average Bonchev–Trinajstić information content (AvgIpc) is 2.96. The second kappa shape index (κ2) is 5.41. The predicted molar refractivity (Wildman–Crippen MR) is 64.4 cm³/mol. The van der Waals surface area contributed by atoms with Crippen LogP contribution in [0.15, 0.2) is 6.20 Å². The van der Waals surface area contributed by atoms with Crippen molar-refractivity contribution in [1.29, 1.82) is 0 Å². The van der Waals surface area contributed by atoms with E-state index in [1.807, 2.05) is 6.20 Å². The molecule has 0 aromatic carbocycles. The van der Waals surface area contributed by atoms with E-state index in [0.717, 1.165) is 30.8 Å². The Morgan fingerprint density at radius 3 is 3.25 bits per heavy atom. The third-order valence-corrected chi connectivity index (χ3v) is 3.88. The van der Waals surface area contributed by atoms with E-state index in [1.54, 1.807) is 11.3 Å². The van der Waals surface area contributed by atoms with Crippen molar-refractivity contribution < 1.29 is 4.79 Å². The molecule has 1 fully saturated rings. The van der Waals surface area contributed by atoms with Crippen LogP contribution in [0.2, 0.25) is 0 Å². The lowest BCUT2D eigenvalue weighted by molar-refractivity contribution is -0.122. The van der Waals surface area contributed by atoms with Gasteiger partial charge in [-0.2, -0.15) is 0 Å². The number of aromatic nitrogens is 1. The Balaban J connectivity index is 1.80. The standard InChI is InChI=1S/C11H17N3OS/c1-2-8-6-13-10(16-8)7-14-11(15)9-4-3-5-12-9/h6,9,12H,2-5,7H2,1H3,(H,14,15)/t9-/m1/s1. The lowest BCUT2D eigenvalue weighted by Gasteiger charge is -2.09. The highest BCUT2D eigenvalue weighted by molar-refractivity contribution is 7.11. The van der Waals surface area contributed by atoms with Crippen molar-refractivity contribution in [3.63, 3.8) is 0 Å². The third kappa shape index (κ3) is 2.80. The van der Waals surface area contributed by atoms with Crippen LogP contribution < -0.4 is 10.6 Å². The van der Waals surface area contributed by atoms with Crippen molar-refractivity contribution in [2.75, 3.05) is 6.54 Å². The van der Waals surface area contributed by atoms with Gasteiger partial charge in [0.1, 0.15) is 5.01 Å². The maximum atomic E-state index is 11.7. The van der Waals surface area contributed by atoms with Gasteiger partial charge in [-0.3, -0.25) is 4.79 Å². The molecule has 2 rings (SSSR count). The van der Waals surface area contributed by atoms with E-state index in [-0.39, 0.29) is 11.9 Å². The van der Waals surface area contributed by atoms with E-state index >= 15 is 0 Å². The minimum Gasteiger partial charge on any atom is -0.348 e. The predicted octanol–water partition coefficient (Wildman–Crippen LogP) is 1.07. The van der Waals surface area contributed by atoms with Crippen LogP contribution in [0.25, 0.3) is 0 Å². The summed E-state index contributed by atoms with van der Waals surface area (Å²) in [5, 5.41) is 7.09. The minimum absolute atomic E-state index is 0.00519. The molecule has 1 saturated heterocycles. The van der Waals surface area contributed by atoms with Crippen molar-refractivity contribution in [2.45, 2.75) is 38.8 Å². The van der Waals surface area contributed by atoms with Crippen molar-refractivity contribution in [1.82, 2.24) is 15.6 Å². The van der Waals surface area contributed by atoms with Crippen molar-refractivity contribution in [2.24, 2.45) is 0 Å². The monoisotopic (exact) mass is 239 g/mol. The van der Waals surface area contributed by atoms with Gasteiger partial charge in [0.15, 0.2) is 0 Å². The number of thiazole rings is 1. The molecule has 2 heterocycles. The summed E-state index contributed by atoms with van der Waals surface area (Å²) in [6, 6.07) is 0.00519. The third-order valence-electron chi connectivity index (χ3n) is 2.74. The van der Waals surface area contributed by atoms with Crippen molar-refractivity contribution >= 4 is 17.2 Å². The lowest BCUT2D eigenvalue weighted by atomic mass is 10.2. The molecular weight excluding hydrogens is 222 g/mol. The first kappa shape index (κ1) is 11.5. The van der Waals surface area contributed by atoms with E-state index in [0.29, 0.717) is 6.54 Å². The fourth-order valence-electron chi connectivity index (χ4n) is 1.79. The number of carbonyl (C=O) groups is 1. The molecule has 0 unspecified atom stereocenters. The SMILES string of the molecule is CCc1cnc(CNC(=O)[C@H]2CCCN2)s1. The Kier molecular flexibility index (Phi) is 3.90. The summed E-state index contributed by atoms with van der Waals surface area (Å²) in [7, 11) is 0. The fourth-order valence-corrected chi connectivity index (χ4v) is 2.59. The summed E-state index contributed by atoms with van der Waals surface area (Å²) >= 11 is 1.67. The maximum Gasteiger partial charge on any atom is 0.237 e. The summed E-state index contributed by atoms with van der Waals surface area (Å²) in [5.74, 6) is 0.103. The second-order valence-corrected chi connectivity index (χ2v) is 5.14. The quantitative estimate of drug-likeness (QED) is 0.826. The number of nitrogens with zero attached hydrogens (tertiary/aromatic N) is 1. The topological polar surface area (TPSA) is 54.0 Å². The van der Waals surface area contributed by atoms with Gasteiger partial charge in [-0.1, -0.05) is 6.92 Å². The van der Waals surface area contributed by atoms with Crippen LogP contribution in [0.4, 0.5) is 0 Å². The number of aryl methyl sites for hydroxylation is 1. The van der Waals surface area contributed by atoms with Gasteiger partial charge in [-0.05, 0) is 25.8 Å². The van der Waals surface area contributed by atoms with Crippen LogP contribution in [0.5, 0.6) is 0 Å². The highest BCUT2D eigenvalue weighted by Gasteiger charge is 2.21. The molecule has 1 atom stereocenters. The largest absolute Gasteiger partial charge is 0.348 e. The molecule has 0 spiro atoms. The molecule has 1 aromatic rings. The number of carbonyl (C=O) groups excluding carboxylic acids is 1. The van der Waals surface area contributed by atoms with Crippen molar-refractivity contribution in [3.05, 3.63) is 16.1 Å². The zero-order valence-electron chi connectivity index (χ0n) is 9.45. The molecule has 4 nitrogen and oxygen atoms in total. The summed E-state index contributed by atoms with van der Waals surface area (Å²) < 4.78 is 0. The van der Waals surface area contributed by atoms with Crippen LogP contribution in [-0.4, -0.2) is 23.5 Å². The summed E-state index contributed by atoms with van der Waals surface area (Å²) in [4.78, 5) is 17.2. The van der Waals surface area contributed by atoms with Gasteiger partial charge in [-0.25, -0.2) is 4.98 Å². The number of rotatable bonds is 4. The van der Waals surface area contributed by atoms with Crippen LogP contribution in [-0.2, 0) is 17.8 Å². The minimum atomic E-state index is 0.00519. The fraction of sp³-hybridized carbons (Fsp3) is 0.636. The van der Waals surface area contributed by atoms with Crippen LogP contribution in [0.1, 0.15) is 29.7 Å². The summed E-state index contributed by atoms with van der Waals surface area (Å²) in [5.41, 5.74) is 0.